The first kappa shape index (κ1) is 13.9. The van der Waals surface area contributed by atoms with Crippen molar-refractivity contribution in [2.75, 3.05) is 12.3 Å². The molecule has 2 atom stereocenters. The molecule has 0 spiro atoms. The van der Waals surface area contributed by atoms with Crippen LogP contribution in [0.15, 0.2) is 18.5 Å². The van der Waals surface area contributed by atoms with Crippen molar-refractivity contribution in [1.82, 2.24) is 10.4 Å². The lowest BCUT2D eigenvalue weighted by atomic mass is 9.99. The van der Waals surface area contributed by atoms with Crippen LogP contribution < -0.4 is 17.0 Å². The quantitative estimate of drug-likeness (QED) is 0.493. The van der Waals surface area contributed by atoms with Gasteiger partial charge in [-0.3, -0.25) is 16.3 Å². The molecule has 0 amide bonds. The molecule has 0 bridgehead atoms. The SMILES string of the molecule is CCCC(OCC)C(NN)c1cnccc1N. The van der Waals surface area contributed by atoms with Crippen molar-refractivity contribution in [3.05, 3.63) is 24.0 Å². The largest absolute Gasteiger partial charge is 0.398 e. The van der Waals surface area contributed by atoms with Crippen LogP contribution in [-0.2, 0) is 4.74 Å². The van der Waals surface area contributed by atoms with Crippen LogP contribution in [0.25, 0.3) is 0 Å². The first-order valence-electron chi connectivity index (χ1n) is 6.01. The predicted octanol–water partition coefficient (Wildman–Crippen LogP) is 1.37. The fourth-order valence-corrected chi connectivity index (χ4v) is 1.92. The Morgan fingerprint density at radius 2 is 2.24 bits per heavy atom. The van der Waals surface area contributed by atoms with Crippen LogP contribution in [0.2, 0.25) is 0 Å². The minimum Gasteiger partial charge on any atom is -0.398 e. The zero-order valence-electron chi connectivity index (χ0n) is 10.5. The van der Waals surface area contributed by atoms with E-state index in [4.69, 9.17) is 16.3 Å². The monoisotopic (exact) mass is 238 g/mol. The topological polar surface area (TPSA) is 86.2 Å². The maximum absolute atomic E-state index is 5.94. The van der Waals surface area contributed by atoms with Crippen LogP contribution >= 0.6 is 0 Å². The Kier molecular flexibility index (Phi) is 5.90. The molecule has 1 aromatic heterocycles. The number of pyridine rings is 1. The van der Waals surface area contributed by atoms with Gasteiger partial charge in [-0.15, -0.1) is 0 Å². The van der Waals surface area contributed by atoms with E-state index in [-0.39, 0.29) is 12.1 Å². The van der Waals surface area contributed by atoms with E-state index in [0.717, 1.165) is 18.4 Å². The Morgan fingerprint density at radius 1 is 1.47 bits per heavy atom. The van der Waals surface area contributed by atoms with Gasteiger partial charge in [0.05, 0.1) is 12.1 Å². The summed E-state index contributed by atoms with van der Waals surface area (Å²) < 4.78 is 5.72. The third kappa shape index (κ3) is 3.66. The van der Waals surface area contributed by atoms with E-state index in [2.05, 4.69) is 17.3 Å². The zero-order chi connectivity index (χ0) is 12.7. The molecule has 5 nitrogen and oxygen atoms in total. The molecular weight excluding hydrogens is 216 g/mol. The molecule has 5 heteroatoms. The molecule has 0 aromatic carbocycles. The van der Waals surface area contributed by atoms with Gasteiger partial charge in [-0.2, -0.15) is 0 Å². The van der Waals surface area contributed by atoms with E-state index < -0.39 is 0 Å². The standard InChI is InChI=1S/C12H22N4O/c1-3-5-11(17-4-2)12(16-14)9-8-15-7-6-10(9)13/h6-8,11-12,16H,3-5,14H2,1-2H3,(H2,13,15). The number of ether oxygens (including phenoxy) is 1. The number of nitrogens with two attached hydrogens (primary N) is 2. The minimum atomic E-state index is -0.122. The van der Waals surface area contributed by atoms with Gasteiger partial charge < -0.3 is 10.5 Å². The molecule has 0 aliphatic heterocycles. The van der Waals surface area contributed by atoms with Crippen molar-refractivity contribution < 1.29 is 4.74 Å². The third-order valence-electron chi connectivity index (χ3n) is 2.73. The highest BCUT2D eigenvalue weighted by molar-refractivity contribution is 5.46. The molecule has 1 aromatic rings. The highest BCUT2D eigenvalue weighted by Crippen LogP contribution is 2.25. The molecule has 0 saturated carbocycles. The van der Waals surface area contributed by atoms with Crippen LogP contribution in [0.4, 0.5) is 5.69 Å². The molecule has 96 valence electrons. The van der Waals surface area contributed by atoms with Gasteiger partial charge in [0, 0.05) is 30.3 Å². The Hall–Kier alpha value is -1.17. The molecule has 0 aliphatic carbocycles. The molecule has 2 unspecified atom stereocenters. The molecule has 1 rings (SSSR count). The third-order valence-corrected chi connectivity index (χ3v) is 2.73. The molecule has 0 aliphatic rings. The summed E-state index contributed by atoms with van der Waals surface area (Å²) >= 11 is 0. The number of anilines is 1. The molecule has 1 heterocycles. The summed E-state index contributed by atoms with van der Waals surface area (Å²) in [7, 11) is 0. The Labute approximate surface area is 103 Å². The highest BCUT2D eigenvalue weighted by atomic mass is 16.5. The van der Waals surface area contributed by atoms with Crippen molar-refractivity contribution in [2.45, 2.75) is 38.8 Å². The van der Waals surface area contributed by atoms with Crippen molar-refractivity contribution in [3.8, 4) is 0 Å². The minimum absolute atomic E-state index is 0.0153. The molecule has 17 heavy (non-hydrogen) atoms. The van der Waals surface area contributed by atoms with E-state index >= 15 is 0 Å². The average molecular weight is 238 g/mol. The number of nitrogens with zero attached hydrogens (tertiary/aromatic N) is 1. The van der Waals surface area contributed by atoms with Gasteiger partial charge in [0.2, 0.25) is 0 Å². The summed E-state index contributed by atoms with van der Waals surface area (Å²) in [4.78, 5) is 4.09. The zero-order valence-corrected chi connectivity index (χ0v) is 10.5. The summed E-state index contributed by atoms with van der Waals surface area (Å²) in [5.41, 5.74) is 10.3. The summed E-state index contributed by atoms with van der Waals surface area (Å²) in [6, 6.07) is 1.65. The number of nitrogen functional groups attached to an aromatic ring is 1. The number of hydrogen-bond acceptors (Lipinski definition) is 5. The van der Waals surface area contributed by atoms with Crippen molar-refractivity contribution in [3.63, 3.8) is 0 Å². The molecular formula is C12H22N4O. The van der Waals surface area contributed by atoms with Gasteiger partial charge in [-0.1, -0.05) is 13.3 Å². The van der Waals surface area contributed by atoms with Crippen LogP contribution in [0.5, 0.6) is 0 Å². The Bertz CT molecular complexity index is 326. The molecule has 5 N–H and O–H groups in total. The maximum atomic E-state index is 5.94. The van der Waals surface area contributed by atoms with Crippen molar-refractivity contribution in [2.24, 2.45) is 5.84 Å². The second-order valence-corrected chi connectivity index (χ2v) is 3.93. The number of rotatable bonds is 7. The van der Waals surface area contributed by atoms with E-state index in [0.29, 0.717) is 12.3 Å². The average Bonchev–Trinajstić information content (AvgIpc) is 2.33. The highest BCUT2D eigenvalue weighted by Gasteiger charge is 2.23. The van der Waals surface area contributed by atoms with E-state index in [1.807, 2.05) is 6.92 Å². The normalized spacial score (nSPS) is 14.5. The number of aromatic nitrogens is 1. The fourth-order valence-electron chi connectivity index (χ4n) is 1.92. The van der Waals surface area contributed by atoms with E-state index in [9.17, 15) is 0 Å². The van der Waals surface area contributed by atoms with Gasteiger partial charge in [0.1, 0.15) is 0 Å². The lowest BCUT2D eigenvalue weighted by Crippen LogP contribution is -2.38. The number of hydrogen-bond donors (Lipinski definition) is 3. The van der Waals surface area contributed by atoms with Gasteiger partial charge in [-0.25, -0.2) is 0 Å². The van der Waals surface area contributed by atoms with Crippen molar-refractivity contribution >= 4 is 5.69 Å². The number of nitrogens with one attached hydrogen (secondary N) is 1. The lowest BCUT2D eigenvalue weighted by molar-refractivity contribution is 0.0277. The lowest BCUT2D eigenvalue weighted by Gasteiger charge is -2.27. The fraction of sp³-hybridized carbons (Fsp3) is 0.583. The van der Waals surface area contributed by atoms with Gasteiger partial charge in [0.15, 0.2) is 0 Å². The van der Waals surface area contributed by atoms with Crippen molar-refractivity contribution in [1.29, 1.82) is 0 Å². The summed E-state index contributed by atoms with van der Waals surface area (Å²) in [6.07, 6.45) is 5.38. The number of hydrazine groups is 1. The van der Waals surface area contributed by atoms with Gasteiger partial charge in [-0.05, 0) is 19.4 Å². The molecule has 0 radical (unpaired) electrons. The smallest absolute Gasteiger partial charge is 0.0783 e. The Balaban J connectivity index is 2.91. The van der Waals surface area contributed by atoms with Crippen LogP contribution in [-0.4, -0.2) is 17.7 Å². The maximum Gasteiger partial charge on any atom is 0.0783 e. The molecule has 0 saturated heterocycles. The van der Waals surface area contributed by atoms with Crippen LogP contribution in [0.1, 0.15) is 38.3 Å². The van der Waals surface area contributed by atoms with Gasteiger partial charge >= 0.3 is 0 Å². The second-order valence-electron chi connectivity index (χ2n) is 3.93. The summed E-state index contributed by atoms with van der Waals surface area (Å²) in [6.45, 7) is 4.75. The molecule has 0 fully saturated rings. The van der Waals surface area contributed by atoms with E-state index in [1.165, 1.54) is 0 Å². The summed E-state index contributed by atoms with van der Waals surface area (Å²) in [5.74, 6) is 5.62. The summed E-state index contributed by atoms with van der Waals surface area (Å²) in [5, 5.41) is 0. The first-order chi connectivity index (χ1) is 8.24. The van der Waals surface area contributed by atoms with Crippen LogP contribution in [0, 0.1) is 0 Å². The predicted molar refractivity (Wildman–Crippen MR) is 69.0 cm³/mol. The Morgan fingerprint density at radius 3 is 2.76 bits per heavy atom. The van der Waals surface area contributed by atoms with E-state index in [1.54, 1.807) is 18.5 Å². The van der Waals surface area contributed by atoms with Gasteiger partial charge in [0.25, 0.3) is 0 Å². The first-order valence-corrected chi connectivity index (χ1v) is 6.01. The van der Waals surface area contributed by atoms with Crippen LogP contribution in [0.3, 0.4) is 0 Å². The second kappa shape index (κ2) is 7.21.